The van der Waals surface area contributed by atoms with Crippen LogP contribution in [0.15, 0.2) is 21.3 Å². The van der Waals surface area contributed by atoms with Gasteiger partial charge in [-0.15, -0.1) is 0 Å². The molecule has 2 aliphatic rings. The molecule has 6 heteroatoms. The minimum Gasteiger partial charge on any atom is -0.480 e. The lowest BCUT2D eigenvalue weighted by Gasteiger charge is -2.47. The average molecular weight is 414 g/mol. The Morgan fingerprint density at radius 1 is 1.20 bits per heavy atom. The van der Waals surface area contributed by atoms with Gasteiger partial charge in [0, 0.05) is 35.5 Å². The van der Waals surface area contributed by atoms with Gasteiger partial charge in [0.1, 0.15) is 11.3 Å². The van der Waals surface area contributed by atoms with Crippen molar-refractivity contribution in [3.63, 3.8) is 0 Å². The van der Waals surface area contributed by atoms with Crippen LogP contribution in [-0.2, 0) is 4.79 Å². The van der Waals surface area contributed by atoms with Crippen molar-refractivity contribution in [2.45, 2.75) is 71.5 Å². The average Bonchev–Trinajstić information content (AvgIpc) is 2.73. The molecule has 3 atom stereocenters. The van der Waals surface area contributed by atoms with E-state index in [4.69, 9.17) is 9.15 Å². The molecule has 1 saturated carbocycles. The summed E-state index contributed by atoms with van der Waals surface area (Å²) in [7, 11) is 0. The van der Waals surface area contributed by atoms with Crippen LogP contribution in [0.4, 0.5) is 0 Å². The minimum atomic E-state index is -0.658. The molecule has 1 aromatic heterocycles. The molecule has 1 N–H and O–H groups in total. The summed E-state index contributed by atoms with van der Waals surface area (Å²) >= 11 is 0. The number of carbonyl (C=O) groups is 1. The molecule has 1 aromatic carbocycles. The van der Waals surface area contributed by atoms with Crippen LogP contribution in [0.1, 0.15) is 55.7 Å². The lowest BCUT2D eigenvalue weighted by Crippen LogP contribution is -2.56. The summed E-state index contributed by atoms with van der Waals surface area (Å²) in [6.07, 6.45) is 3.96. The molecule has 1 amide bonds. The van der Waals surface area contributed by atoms with Gasteiger partial charge < -0.3 is 19.2 Å². The Labute approximate surface area is 176 Å². The maximum Gasteiger partial charge on any atom is 0.339 e. The lowest BCUT2D eigenvalue weighted by molar-refractivity contribution is -0.149. The van der Waals surface area contributed by atoms with E-state index in [1.165, 1.54) is 0 Å². The highest BCUT2D eigenvalue weighted by Crippen LogP contribution is 2.40. The number of likely N-dealkylation sites (tertiary alicyclic amines) is 1. The van der Waals surface area contributed by atoms with E-state index in [1.807, 2.05) is 30.9 Å². The maximum absolute atomic E-state index is 13.1. The highest BCUT2D eigenvalue weighted by atomic mass is 16.5. The molecule has 1 saturated heterocycles. The summed E-state index contributed by atoms with van der Waals surface area (Å²) in [5.74, 6) is 0.628. The number of fused-ring (bicyclic) bond motifs is 2. The minimum absolute atomic E-state index is 0.0661. The number of nitrogens with zero attached hydrogens (tertiary/aromatic N) is 1. The Bertz CT molecular complexity index is 1040. The molecular formula is C24H31NO5. The molecule has 1 aliphatic heterocycles. The van der Waals surface area contributed by atoms with Crippen LogP contribution < -0.4 is 10.4 Å². The number of rotatable bonds is 3. The second-order valence-corrected chi connectivity index (χ2v) is 9.05. The molecule has 2 heterocycles. The van der Waals surface area contributed by atoms with Gasteiger partial charge in [0.15, 0.2) is 6.10 Å². The van der Waals surface area contributed by atoms with Crippen molar-refractivity contribution < 1.29 is 19.1 Å². The zero-order valence-corrected chi connectivity index (χ0v) is 18.3. The number of ether oxygens (including phenoxy) is 1. The summed E-state index contributed by atoms with van der Waals surface area (Å²) in [5.41, 5.74) is 1.76. The topological polar surface area (TPSA) is 80.0 Å². The molecule has 2 fully saturated rings. The van der Waals surface area contributed by atoms with Crippen LogP contribution in [0.3, 0.4) is 0 Å². The third kappa shape index (κ3) is 3.51. The summed E-state index contributed by atoms with van der Waals surface area (Å²) in [4.78, 5) is 27.0. The monoisotopic (exact) mass is 413 g/mol. The third-order valence-electron chi connectivity index (χ3n) is 7.21. The molecule has 4 rings (SSSR count). The van der Waals surface area contributed by atoms with E-state index in [0.717, 1.165) is 36.6 Å². The molecule has 0 spiro atoms. The molecule has 0 bridgehead atoms. The van der Waals surface area contributed by atoms with E-state index in [-0.39, 0.29) is 17.5 Å². The van der Waals surface area contributed by atoms with Crippen molar-refractivity contribution in [1.82, 2.24) is 4.90 Å². The largest absolute Gasteiger partial charge is 0.480 e. The van der Waals surface area contributed by atoms with Crippen LogP contribution in [0.25, 0.3) is 11.0 Å². The van der Waals surface area contributed by atoms with Crippen LogP contribution in [0.5, 0.6) is 5.75 Å². The van der Waals surface area contributed by atoms with Gasteiger partial charge in [0.05, 0.1) is 5.60 Å². The predicted molar refractivity (Wildman–Crippen MR) is 115 cm³/mol. The van der Waals surface area contributed by atoms with Gasteiger partial charge in [0.25, 0.3) is 5.91 Å². The second kappa shape index (κ2) is 7.73. The standard InChI is InChI=1S/C24H31NO5/c1-14-15(2)23(27)30-21-16(3)20(9-8-19(14)21)29-17(4)22(26)25-12-11-24(28)10-6-5-7-18(24)13-25/h8-9,17-18,28H,5-7,10-13H2,1-4H3/t17-,18+,24-/m1/s1. The Hall–Kier alpha value is -2.34. The Kier molecular flexibility index (Phi) is 5.39. The van der Waals surface area contributed by atoms with Crippen molar-refractivity contribution in [2.75, 3.05) is 13.1 Å². The van der Waals surface area contributed by atoms with Gasteiger partial charge in [-0.05, 0) is 64.7 Å². The number of amides is 1. The van der Waals surface area contributed by atoms with E-state index in [2.05, 4.69) is 0 Å². The van der Waals surface area contributed by atoms with Gasteiger partial charge in [-0.3, -0.25) is 4.79 Å². The summed E-state index contributed by atoms with van der Waals surface area (Å²) < 4.78 is 11.5. The summed E-state index contributed by atoms with van der Waals surface area (Å²) in [5, 5.41) is 11.7. The zero-order chi connectivity index (χ0) is 21.6. The fourth-order valence-electron chi connectivity index (χ4n) is 5.02. The predicted octanol–water partition coefficient (Wildman–Crippen LogP) is 3.64. The van der Waals surface area contributed by atoms with Crippen LogP contribution in [0, 0.1) is 26.7 Å². The molecule has 30 heavy (non-hydrogen) atoms. The maximum atomic E-state index is 13.1. The zero-order valence-electron chi connectivity index (χ0n) is 18.3. The molecule has 2 aromatic rings. The Balaban J connectivity index is 1.52. The molecule has 1 aliphatic carbocycles. The summed E-state index contributed by atoms with van der Waals surface area (Å²) in [6, 6.07) is 3.72. The molecule has 162 valence electrons. The first-order valence-electron chi connectivity index (χ1n) is 10.9. The number of hydrogen-bond acceptors (Lipinski definition) is 5. The first-order valence-corrected chi connectivity index (χ1v) is 10.9. The number of piperidine rings is 1. The Morgan fingerprint density at radius 2 is 1.97 bits per heavy atom. The van der Waals surface area contributed by atoms with Gasteiger partial charge in [-0.25, -0.2) is 4.79 Å². The molecule has 0 radical (unpaired) electrons. The lowest BCUT2D eigenvalue weighted by atomic mass is 9.71. The first kappa shape index (κ1) is 20.9. The van der Waals surface area contributed by atoms with Crippen LogP contribution >= 0.6 is 0 Å². The fraction of sp³-hybridized carbons (Fsp3) is 0.583. The fourth-order valence-corrected chi connectivity index (χ4v) is 5.02. The van der Waals surface area contributed by atoms with Gasteiger partial charge in [-0.1, -0.05) is 12.8 Å². The quantitative estimate of drug-likeness (QED) is 0.777. The smallest absolute Gasteiger partial charge is 0.339 e. The number of hydrogen-bond donors (Lipinski definition) is 1. The SMILES string of the molecule is Cc1c(C)c2ccc(O[C@H](C)C(=O)N3CC[C@]4(O)CCCC[C@H]4C3)c(C)c2oc1=O. The second-order valence-electron chi connectivity index (χ2n) is 9.05. The van der Waals surface area contributed by atoms with Crippen molar-refractivity contribution >= 4 is 16.9 Å². The molecule has 0 unspecified atom stereocenters. The molecule has 6 nitrogen and oxygen atoms in total. The normalized spacial score (nSPS) is 25.1. The summed E-state index contributed by atoms with van der Waals surface area (Å²) in [6.45, 7) is 8.41. The highest BCUT2D eigenvalue weighted by molar-refractivity contribution is 5.86. The van der Waals surface area contributed by atoms with Gasteiger partial charge in [-0.2, -0.15) is 0 Å². The Morgan fingerprint density at radius 3 is 2.73 bits per heavy atom. The van der Waals surface area contributed by atoms with Crippen molar-refractivity contribution in [3.8, 4) is 5.75 Å². The van der Waals surface area contributed by atoms with E-state index >= 15 is 0 Å². The van der Waals surface area contributed by atoms with Crippen LogP contribution in [-0.4, -0.2) is 40.7 Å². The van der Waals surface area contributed by atoms with E-state index in [1.54, 1.807) is 13.8 Å². The van der Waals surface area contributed by atoms with Crippen molar-refractivity contribution in [1.29, 1.82) is 0 Å². The van der Waals surface area contributed by atoms with E-state index < -0.39 is 11.7 Å². The highest BCUT2D eigenvalue weighted by Gasteiger charge is 2.44. The number of aliphatic hydroxyl groups is 1. The van der Waals surface area contributed by atoms with E-state index in [0.29, 0.717) is 42.0 Å². The first-order chi connectivity index (χ1) is 14.2. The number of benzene rings is 1. The van der Waals surface area contributed by atoms with Crippen molar-refractivity contribution in [2.24, 2.45) is 5.92 Å². The van der Waals surface area contributed by atoms with Crippen molar-refractivity contribution in [3.05, 3.63) is 39.2 Å². The molecular weight excluding hydrogens is 382 g/mol. The number of carbonyl (C=O) groups excluding carboxylic acids is 1. The van der Waals surface area contributed by atoms with Gasteiger partial charge >= 0.3 is 5.63 Å². The van der Waals surface area contributed by atoms with Gasteiger partial charge in [0.2, 0.25) is 0 Å². The van der Waals surface area contributed by atoms with Crippen LogP contribution in [0.2, 0.25) is 0 Å². The van der Waals surface area contributed by atoms with E-state index in [9.17, 15) is 14.7 Å². The third-order valence-corrected chi connectivity index (χ3v) is 7.21. The number of aryl methyl sites for hydroxylation is 2.